The lowest BCUT2D eigenvalue weighted by atomic mass is 10.1. The number of aromatic hydroxyl groups is 1. The zero-order chi connectivity index (χ0) is 29.1. The SMILES string of the molecule is O=C(Nc1ccc(O)c(N(c2ccc(F)cc2)S(=O)(=O)O)c1)c1ccc(OCc2ccc(C(F)(F)F)cc2)cc1. The first-order chi connectivity index (χ1) is 18.8. The number of ether oxygens (including phenoxy) is 1. The highest BCUT2D eigenvalue weighted by atomic mass is 32.2. The van der Waals surface area contributed by atoms with Crippen molar-refractivity contribution in [3.8, 4) is 11.5 Å². The molecule has 0 saturated carbocycles. The Morgan fingerprint density at radius 3 is 2.10 bits per heavy atom. The molecule has 208 valence electrons. The van der Waals surface area contributed by atoms with E-state index in [0.29, 0.717) is 15.6 Å². The van der Waals surface area contributed by atoms with E-state index in [1.807, 2.05) is 0 Å². The summed E-state index contributed by atoms with van der Waals surface area (Å²) in [7, 11) is -4.97. The van der Waals surface area contributed by atoms with E-state index in [1.165, 1.54) is 42.5 Å². The van der Waals surface area contributed by atoms with Gasteiger partial charge in [-0.2, -0.15) is 21.6 Å². The van der Waals surface area contributed by atoms with Gasteiger partial charge in [-0.15, -0.1) is 0 Å². The molecule has 0 radical (unpaired) electrons. The number of nitrogens with zero attached hydrogens (tertiary/aromatic N) is 1. The molecule has 40 heavy (non-hydrogen) atoms. The molecule has 0 aliphatic rings. The number of anilines is 3. The smallest absolute Gasteiger partial charge is 0.416 e. The highest BCUT2D eigenvalue weighted by Crippen LogP contribution is 2.37. The normalized spacial score (nSPS) is 11.6. The first-order valence-corrected chi connectivity index (χ1v) is 12.8. The van der Waals surface area contributed by atoms with Crippen LogP contribution in [0, 0.1) is 5.82 Å². The lowest BCUT2D eigenvalue weighted by Gasteiger charge is -2.22. The van der Waals surface area contributed by atoms with Gasteiger partial charge in [0.05, 0.1) is 11.3 Å². The van der Waals surface area contributed by atoms with Crippen LogP contribution < -0.4 is 14.4 Å². The molecule has 4 aromatic carbocycles. The summed E-state index contributed by atoms with van der Waals surface area (Å²) in [5.74, 6) is -1.45. The highest BCUT2D eigenvalue weighted by Gasteiger charge is 2.30. The van der Waals surface area contributed by atoms with Gasteiger partial charge in [0.25, 0.3) is 5.91 Å². The Hall–Kier alpha value is -4.62. The largest absolute Gasteiger partial charge is 0.506 e. The Bertz CT molecular complexity index is 1610. The van der Waals surface area contributed by atoms with Crippen molar-refractivity contribution in [3.05, 3.63) is 114 Å². The van der Waals surface area contributed by atoms with Crippen molar-refractivity contribution in [2.24, 2.45) is 0 Å². The van der Waals surface area contributed by atoms with E-state index in [1.54, 1.807) is 0 Å². The van der Waals surface area contributed by atoms with Gasteiger partial charge in [0.15, 0.2) is 0 Å². The number of rotatable bonds is 8. The van der Waals surface area contributed by atoms with Gasteiger partial charge >= 0.3 is 16.5 Å². The van der Waals surface area contributed by atoms with E-state index in [9.17, 15) is 40.4 Å². The van der Waals surface area contributed by atoms with E-state index < -0.39 is 45.2 Å². The van der Waals surface area contributed by atoms with Crippen LogP contribution >= 0.6 is 0 Å². The second-order valence-corrected chi connectivity index (χ2v) is 9.64. The monoisotopic (exact) mass is 576 g/mol. The van der Waals surface area contributed by atoms with Crippen molar-refractivity contribution >= 4 is 33.3 Å². The molecule has 0 bridgehead atoms. The van der Waals surface area contributed by atoms with Crippen molar-refractivity contribution in [2.75, 3.05) is 9.62 Å². The molecule has 0 fully saturated rings. The number of hydrogen-bond acceptors (Lipinski definition) is 5. The van der Waals surface area contributed by atoms with E-state index >= 15 is 0 Å². The molecule has 3 N–H and O–H groups in total. The van der Waals surface area contributed by atoms with E-state index in [2.05, 4.69) is 5.32 Å². The summed E-state index contributed by atoms with van der Waals surface area (Å²) in [6, 6.07) is 17.9. The summed E-state index contributed by atoms with van der Waals surface area (Å²) in [6.07, 6.45) is -4.43. The molecule has 13 heteroatoms. The van der Waals surface area contributed by atoms with Crippen LogP contribution in [0.15, 0.2) is 91.0 Å². The van der Waals surface area contributed by atoms with Gasteiger partial charge in [-0.05, 0) is 84.4 Å². The standard InChI is InChI=1S/C27H20F4N2O6S/c28-20-7-10-22(11-8-20)33(40(36,37)38)24-15-21(9-14-25(24)34)32-26(35)18-3-12-23(13-4-18)39-16-17-1-5-19(6-2-17)27(29,30)31/h1-15,34H,16H2,(H,32,35)(H,36,37,38). The fourth-order valence-electron chi connectivity index (χ4n) is 3.60. The number of carbonyl (C=O) groups is 1. The number of amides is 1. The molecule has 0 heterocycles. The van der Waals surface area contributed by atoms with Gasteiger partial charge in [-0.3, -0.25) is 9.35 Å². The molecule has 0 spiro atoms. The Labute approximate surface area is 226 Å². The number of alkyl halides is 3. The predicted octanol–water partition coefficient (Wildman–Crippen LogP) is 6.32. The average Bonchev–Trinajstić information content (AvgIpc) is 2.90. The van der Waals surface area contributed by atoms with Gasteiger partial charge < -0.3 is 15.2 Å². The quantitative estimate of drug-likeness (QED) is 0.128. The number of hydrogen-bond donors (Lipinski definition) is 3. The molecule has 0 aliphatic carbocycles. The molecule has 4 aromatic rings. The third-order valence-corrected chi connectivity index (χ3v) is 6.42. The number of phenolic OH excluding ortho intramolecular Hbond substituents is 1. The molecule has 8 nitrogen and oxygen atoms in total. The third kappa shape index (κ3) is 6.87. The summed E-state index contributed by atoms with van der Waals surface area (Å²) in [5.41, 5.74) is -0.586. The molecule has 0 atom stereocenters. The summed E-state index contributed by atoms with van der Waals surface area (Å²) in [6.45, 7) is -0.00170. The maximum atomic E-state index is 13.3. The summed E-state index contributed by atoms with van der Waals surface area (Å²) >= 11 is 0. The maximum absolute atomic E-state index is 13.3. The number of phenols is 1. The van der Waals surface area contributed by atoms with Crippen molar-refractivity contribution < 1.29 is 45.2 Å². The zero-order valence-electron chi connectivity index (χ0n) is 20.3. The van der Waals surface area contributed by atoms with Crippen LogP contribution in [0.5, 0.6) is 11.5 Å². The zero-order valence-corrected chi connectivity index (χ0v) is 21.1. The Morgan fingerprint density at radius 2 is 1.52 bits per heavy atom. The third-order valence-electron chi connectivity index (χ3n) is 5.55. The lowest BCUT2D eigenvalue weighted by Crippen LogP contribution is -2.25. The second kappa shape index (κ2) is 11.2. The minimum absolute atomic E-state index is 0.00170. The topological polar surface area (TPSA) is 116 Å². The first kappa shape index (κ1) is 28.4. The number of nitrogens with one attached hydrogen (secondary N) is 1. The predicted molar refractivity (Wildman–Crippen MR) is 138 cm³/mol. The van der Waals surface area contributed by atoms with Crippen LogP contribution in [-0.4, -0.2) is 24.0 Å². The molecular formula is C27H20F4N2O6S. The maximum Gasteiger partial charge on any atom is 0.416 e. The average molecular weight is 577 g/mol. The first-order valence-electron chi connectivity index (χ1n) is 11.4. The summed E-state index contributed by atoms with van der Waals surface area (Å²) < 4.78 is 91.3. The molecule has 4 rings (SSSR count). The van der Waals surface area contributed by atoms with Gasteiger partial charge in [0.2, 0.25) is 0 Å². The van der Waals surface area contributed by atoms with Crippen LogP contribution in [0.2, 0.25) is 0 Å². The second-order valence-electron chi connectivity index (χ2n) is 8.38. The van der Waals surface area contributed by atoms with Gasteiger partial charge in [-0.1, -0.05) is 12.1 Å². The summed E-state index contributed by atoms with van der Waals surface area (Å²) in [4.78, 5) is 12.8. The molecule has 0 saturated heterocycles. The Balaban J connectivity index is 1.46. The van der Waals surface area contributed by atoms with Crippen molar-refractivity contribution in [3.63, 3.8) is 0 Å². The van der Waals surface area contributed by atoms with E-state index in [0.717, 1.165) is 48.5 Å². The minimum Gasteiger partial charge on any atom is -0.506 e. The summed E-state index contributed by atoms with van der Waals surface area (Å²) in [5, 5.41) is 12.8. The molecule has 0 aliphatic heterocycles. The highest BCUT2D eigenvalue weighted by molar-refractivity contribution is 7.87. The van der Waals surface area contributed by atoms with Gasteiger partial charge in [-0.25, -0.2) is 8.70 Å². The molecule has 0 unspecified atom stereocenters. The van der Waals surface area contributed by atoms with Crippen LogP contribution in [0.1, 0.15) is 21.5 Å². The van der Waals surface area contributed by atoms with Crippen LogP contribution in [0.25, 0.3) is 0 Å². The van der Waals surface area contributed by atoms with Gasteiger partial charge in [0, 0.05) is 11.3 Å². The van der Waals surface area contributed by atoms with Crippen molar-refractivity contribution in [1.29, 1.82) is 0 Å². The molecule has 1 amide bonds. The number of carbonyl (C=O) groups excluding carboxylic acids is 1. The van der Waals surface area contributed by atoms with Gasteiger partial charge in [0.1, 0.15) is 29.6 Å². The fourth-order valence-corrected chi connectivity index (χ4v) is 4.38. The fraction of sp³-hybridized carbons (Fsp3) is 0.0741. The van der Waals surface area contributed by atoms with Crippen LogP contribution in [-0.2, 0) is 23.1 Å². The minimum atomic E-state index is -4.97. The van der Waals surface area contributed by atoms with Crippen molar-refractivity contribution in [1.82, 2.24) is 0 Å². The Kier molecular flexibility index (Phi) is 7.98. The van der Waals surface area contributed by atoms with Crippen LogP contribution in [0.4, 0.5) is 34.6 Å². The Morgan fingerprint density at radius 1 is 0.900 bits per heavy atom. The molecule has 0 aromatic heterocycles. The van der Waals surface area contributed by atoms with E-state index in [4.69, 9.17) is 4.74 Å². The lowest BCUT2D eigenvalue weighted by molar-refractivity contribution is -0.137. The number of halogens is 4. The van der Waals surface area contributed by atoms with E-state index in [-0.39, 0.29) is 23.5 Å². The van der Waals surface area contributed by atoms with Crippen LogP contribution in [0.3, 0.4) is 0 Å². The molecular weight excluding hydrogens is 556 g/mol. The van der Waals surface area contributed by atoms with Crippen molar-refractivity contribution in [2.45, 2.75) is 12.8 Å². The number of benzene rings is 4.